The second-order valence-electron chi connectivity index (χ2n) is 5.86. The third kappa shape index (κ3) is 2.72. The molecule has 0 bridgehead atoms. The van der Waals surface area contributed by atoms with Crippen molar-refractivity contribution >= 4 is 27.5 Å². The third-order valence-corrected chi connectivity index (χ3v) is 5.06. The summed E-state index contributed by atoms with van der Waals surface area (Å²) in [4.78, 5) is 29.5. The molecule has 1 aromatic carbocycles. The molecular weight excluding hydrogens is 352 g/mol. The molecule has 0 fully saturated rings. The Labute approximate surface area is 152 Å². The van der Waals surface area contributed by atoms with Gasteiger partial charge in [-0.15, -0.1) is 11.3 Å². The Morgan fingerprint density at radius 2 is 2.15 bits per heavy atom. The first kappa shape index (κ1) is 16.3. The zero-order chi connectivity index (χ0) is 18.3. The van der Waals surface area contributed by atoms with Crippen LogP contribution in [0.25, 0.3) is 21.5 Å². The van der Waals surface area contributed by atoms with Crippen LogP contribution < -0.4 is 5.56 Å². The van der Waals surface area contributed by atoms with Crippen molar-refractivity contribution in [3.05, 3.63) is 75.3 Å². The van der Waals surface area contributed by atoms with Crippen LogP contribution in [0.15, 0.2) is 57.3 Å². The molecule has 26 heavy (non-hydrogen) atoms. The van der Waals surface area contributed by atoms with Gasteiger partial charge in [0.05, 0.1) is 23.8 Å². The highest BCUT2D eigenvalue weighted by atomic mass is 32.1. The number of rotatable bonds is 4. The molecule has 3 heterocycles. The molecule has 0 saturated carbocycles. The summed E-state index contributed by atoms with van der Waals surface area (Å²) in [5, 5.41) is 11.5. The van der Waals surface area contributed by atoms with E-state index in [4.69, 9.17) is 9.52 Å². The van der Waals surface area contributed by atoms with Crippen LogP contribution >= 0.6 is 11.3 Å². The van der Waals surface area contributed by atoms with Gasteiger partial charge in [-0.3, -0.25) is 9.36 Å². The fourth-order valence-electron chi connectivity index (χ4n) is 2.91. The first-order valence-electron chi connectivity index (χ1n) is 7.89. The molecule has 7 heteroatoms. The number of hydrogen-bond donors (Lipinski definition) is 1. The van der Waals surface area contributed by atoms with Gasteiger partial charge >= 0.3 is 5.97 Å². The molecule has 0 amide bonds. The van der Waals surface area contributed by atoms with Crippen LogP contribution in [0.3, 0.4) is 0 Å². The van der Waals surface area contributed by atoms with Crippen molar-refractivity contribution in [2.24, 2.45) is 0 Å². The number of aryl methyl sites for hydroxylation is 1. The average molecular weight is 366 g/mol. The number of nitrogens with zero attached hydrogens (tertiary/aromatic N) is 2. The van der Waals surface area contributed by atoms with E-state index in [-0.39, 0.29) is 17.7 Å². The fourth-order valence-corrected chi connectivity index (χ4v) is 3.87. The van der Waals surface area contributed by atoms with Gasteiger partial charge in [-0.25, -0.2) is 9.78 Å². The lowest BCUT2D eigenvalue weighted by Crippen LogP contribution is -2.24. The zero-order valence-electron chi connectivity index (χ0n) is 13.8. The maximum atomic E-state index is 13.1. The molecule has 0 aliphatic carbocycles. The standard InChI is InChI=1S/C19H14N2O4S/c1-11-20-17-16(14(10-26-17)15-6-3-7-25-15)18(22)21(11)9-12-4-2-5-13(8-12)19(23)24/h2-8,10H,9H2,1H3,(H,23,24). The van der Waals surface area contributed by atoms with Crippen LogP contribution in [-0.4, -0.2) is 20.6 Å². The Bertz CT molecular complexity index is 1170. The molecule has 0 aliphatic rings. The Morgan fingerprint density at radius 3 is 2.88 bits per heavy atom. The lowest BCUT2D eigenvalue weighted by atomic mass is 10.1. The van der Waals surface area contributed by atoms with Crippen molar-refractivity contribution in [3.63, 3.8) is 0 Å². The predicted octanol–water partition coefficient (Wildman–Crippen LogP) is 3.77. The summed E-state index contributed by atoms with van der Waals surface area (Å²) in [5.41, 5.74) is 1.47. The second kappa shape index (κ2) is 6.27. The maximum absolute atomic E-state index is 13.1. The van der Waals surface area contributed by atoms with E-state index in [1.54, 1.807) is 42.0 Å². The topological polar surface area (TPSA) is 85.3 Å². The third-order valence-electron chi connectivity index (χ3n) is 4.19. The number of carboxylic acid groups (broad SMARTS) is 1. The molecule has 4 rings (SSSR count). The molecule has 4 aromatic rings. The largest absolute Gasteiger partial charge is 0.478 e. The second-order valence-corrected chi connectivity index (χ2v) is 6.72. The first-order valence-corrected chi connectivity index (χ1v) is 8.77. The smallest absolute Gasteiger partial charge is 0.335 e. The van der Waals surface area contributed by atoms with Crippen molar-refractivity contribution in [3.8, 4) is 11.3 Å². The van der Waals surface area contributed by atoms with Crippen LogP contribution in [0, 0.1) is 6.92 Å². The molecule has 1 N–H and O–H groups in total. The highest BCUT2D eigenvalue weighted by molar-refractivity contribution is 7.17. The number of hydrogen-bond acceptors (Lipinski definition) is 5. The number of thiophene rings is 1. The van der Waals surface area contributed by atoms with Crippen LogP contribution in [0.4, 0.5) is 0 Å². The summed E-state index contributed by atoms with van der Waals surface area (Å²) < 4.78 is 6.99. The molecule has 130 valence electrons. The molecular formula is C19H14N2O4S. The Balaban J connectivity index is 1.85. The monoisotopic (exact) mass is 366 g/mol. The number of carboxylic acids is 1. The lowest BCUT2D eigenvalue weighted by molar-refractivity contribution is 0.0696. The van der Waals surface area contributed by atoms with Gasteiger partial charge in [0.2, 0.25) is 0 Å². The van der Waals surface area contributed by atoms with Crippen LogP contribution in [0.5, 0.6) is 0 Å². The van der Waals surface area contributed by atoms with E-state index in [9.17, 15) is 9.59 Å². The summed E-state index contributed by atoms with van der Waals surface area (Å²) in [6, 6.07) is 10.1. The molecule has 0 aliphatic heterocycles. The number of benzene rings is 1. The number of aromatic nitrogens is 2. The summed E-state index contributed by atoms with van der Waals surface area (Å²) in [7, 11) is 0. The van der Waals surface area contributed by atoms with Crippen molar-refractivity contribution in [1.82, 2.24) is 9.55 Å². The number of furan rings is 1. The minimum absolute atomic E-state index is 0.166. The van der Waals surface area contributed by atoms with Gasteiger partial charge in [0.25, 0.3) is 5.56 Å². The number of aromatic carboxylic acids is 1. The minimum Gasteiger partial charge on any atom is -0.478 e. The minimum atomic E-state index is -0.998. The van der Waals surface area contributed by atoms with Gasteiger partial charge in [0.15, 0.2) is 0 Å². The maximum Gasteiger partial charge on any atom is 0.335 e. The van der Waals surface area contributed by atoms with E-state index in [2.05, 4.69) is 4.98 Å². The van der Waals surface area contributed by atoms with Gasteiger partial charge in [-0.1, -0.05) is 12.1 Å². The molecule has 0 saturated heterocycles. The Morgan fingerprint density at radius 1 is 1.31 bits per heavy atom. The van der Waals surface area contributed by atoms with Crippen molar-refractivity contribution < 1.29 is 14.3 Å². The molecule has 3 aromatic heterocycles. The molecule has 0 spiro atoms. The number of carbonyl (C=O) groups is 1. The predicted molar refractivity (Wildman–Crippen MR) is 98.8 cm³/mol. The Hall–Kier alpha value is -3.19. The van der Waals surface area contributed by atoms with Crippen LogP contribution in [-0.2, 0) is 6.54 Å². The summed E-state index contributed by atoms with van der Waals surface area (Å²) in [5.74, 6) is 0.205. The van der Waals surface area contributed by atoms with E-state index < -0.39 is 5.97 Å². The SMILES string of the molecule is Cc1nc2scc(-c3ccco3)c2c(=O)n1Cc1cccc(C(=O)O)c1. The van der Waals surface area contributed by atoms with Gasteiger partial charge in [0.1, 0.15) is 16.4 Å². The quantitative estimate of drug-likeness (QED) is 0.594. The fraction of sp³-hybridized carbons (Fsp3) is 0.105. The molecule has 0 unspecified atom stereocenters. The summed E-state index contributed by atoms with van der Waals surface area (Å²) >= 11 is 1.40. The summed E-state index contributed by atoms with van der Waals surface area (Å²) in [6.07, 6.45) is 1.57. The highest BCUT2D eigenvalue weighted by Crippen LogP contribution is 2.31. The van der Waals surface area contributed by atoms with E-state index in [0.717, 1.165) is 11.1 Å². The van der Waals surface area contributed by atoms with Crippen LogP contribution in [0.1, 0.15) is 21.7 Å². The average Bonchev–Trinajstić information content (AvgIpc) is 3.28. The van der Waals surface area contributed by atoms with E-state index in [1.165, 1.54) is 17.4 Å². The molecule has 6 nitrogen and oxygen atoms in total. The Kier molecular flexibility index (Phi) is 3.93. The molecule has 0 radical (unpaired) electrons. The summed E-state index contributed by atoms with van der Waals surface area (Å²) in [6.45, 7) is 2.02. The van der Waals surface area contributed by atoms with E-state index in [0.29, 0.717) is 21.8 Å². The van der Waals surface area contributed by atoms with Crippen molar-refractivity contribution in [1.29, 1.82) is 0 Å². The zero-order valence-corrected chi connectivity index (χ0v) is 14.6. The van der Waals surface area contributed by atoms with E-state index >= 15 is 0 Å². The van der Waals surface area contributed by atoms with Gasteiger partial charge in [0, 0.05) is 10.9 Å². The van der Waals surface area contributed by atoms with Gasteiger partial charge < -0.3 is 9.52 Å². The van der Waals surface area contributed by atoms with Crippen LogP contribution in [0.2, 0.25) is 0 Å². The number of fused-ring (bicyclic) bond motifs is 1. The normalized spacial score (nSPS) is 11.1. The lowest BCUT2D eigenvalue weighted by Gasteiger charge is -2.10. The van der Waals surface area contributed by atoms with Crippen molar-refractivity contribution in [2.45, 2.75) is 13.5 Å². The van der Waals surface area contributed by atoms with Crippen molar-refractivity contribution in [2.75, 3.05) is 0 Å². The van der Waals surface area contributed by atoms with Gasteiger partial charge in [-0.2, -0.15) is 0 Å². The van der Waals surface area contributed by atoms with E-state index in [1.807, 2.05) is 11.4 Å². The highest BCUT2D eigenvalue weighted by Gasteiger charge is 2.17. The first-order chi connectivity index (χ1) is 12.5. The molecule has 0 atom stereocenters. The van der Waals surface area contributed by atoms with Gasteiger partial charge in [-0.05, 0) is 36.8 Å².